The largest absolute Gasteiger partial charge is 0.457 e. The van der Waals surface area contributed by atoms with Crippen molar-refractivity contribution in [2.75, 3.05) is 0 Å². The highest BCUT2D eigenvalue weighted by atomic mass is 16.5. The van der Waals surface area contributed by atoms with E-state index in [1.54, 1.807) is 0 Å². The molecule has 13 rings (SSSR count). The fourth-order valence-corrected chi connectivity index (χ4v) is 10.2. The highest BCUT2D eigenvalue weighted by molar-refractivity contribution is 6.13. The molecule has 0 atom stereocenters. The van der Waals surface area contributed by atoms with Crippen LogP contribution in [0.4, 0.5) is 0 Å². The molecule has 3 heteroatoms. The monoisotopic (exact) mass is 769 g/mol. The molecule has 0 amide bonds. The molecule has 0 saturated heterocycles. The van der Waals surface area contributed by atoms with Gasteiger partial charge < -0.3 is 13.7 Å². The summed E-state index contributed by atoms with van der Waals surface area (Å²) in [5.41, 5.74) is 16.8. The zero-order chi connectivity index (χ0) is 40.0. The molecule has 1 aliphatic heterocycles. The maximum absolute atomic E-state index is 6.63. The lowest BCUT2D eigenvalue weighted by molar-refractivity contribution is 0.436. The second-order valence-electron chi connectivity index (χ2n) is 15.6. The van der Waals surface area contributed by atoms with Crippen molar-refractivity contribution in [1.29, 1.82) is 0 Å². The summed E-state index contributed by atoms with van der Waals surface area (Å²) in [6, 6.07) is 72.4. The minimum Gasteiger partial charge on any atom is -0.457 e. The summed E-state index contributed by atoms with van der Waals surface area (Å²) in [6.45, 7) is 4.00. The van der Waals surface area contributed by atoms with E-state index in [9.17, 15) is 0 Å². The first-order valence-corrected chi connectivity index (χ1v) is 20.9. The van der Waals surface area contributed by atoms with Gasteiger partial charge in [-0.3, -0.25) is 0 Å². The van der Waals surface area contributed by atoms with Crippen LogP contribution in [-0.4, -0.2) is 4.57 Å². The number of hydrogen-bond donors (Lipinski definition) is 0. The van der Waals surface area contributed by atoms with Crippen molar-refractivity contribution in [1.82, 2.24) is 4.57 Å². The van der Waals surface area contributed by atoms with Gasteiger partial charge in [-0.1, -0.05) is 159 Å². The summed E-state index contributed by atoms with van der Waals surface area (Å²) in [6.07, 6.45) is 0. The fraction of sp³-hybridized carbons (Fsp3) is 0.0526. The smallest absolute Gasteiger partial charge is 0.143 e. The van der Waals surface area contributed by atoms with Gasteiger partial charge in [0.25, 0.3) is 0 Å². The Kier molecular flexibility index (Phi) is 7.58. The van der Waals surface area contributed by atoms with Crippen molar-refractivity contribution in [3.8, 4) is 50.6 Å². The first kappa shape index (κ1) is 34.4. The molecule has 2 aromatic heterocycles. The summed E-state index contributed by atoms with van der Waals surface area (Å²) in [5.74, 6) is 1.80. The van der Waals surface area contributed by atoms with E-state index in [4.69, 9.17) is 9.15 Å². The Hall–Kier alpha value is -7.62. The zero-order valence-corrected chi connectivity index (χ0v) is 33.3. The normalized spacial score (nSPS) is 13.1. The highest BCUT2D eigenvalue weighted by Gasteiger charge is 2.51. The van der Waals surface area contributed by atoms with Gasteiger partial charge in [-0.05, 0) is 93.5 Å². The van der Waals surface area contributed by atoms with Gasteiger partial charge in [-0.15, -0.1) is 0 Å². The lowest BCUT2D eigenvalue weighted by atomic mass is 9.66. The third kappa shape index (κ3) is 4.72. The molecule has 0 N–H and O–H groups in total. The summed E-state index contributed by atoms with van der Waals surface area (Å²) in [7, 11) is 0. The SMILES string of the molecule is CC.c1ccc(-n2c3ccc(-c4ccc(-c5cccc6c5oc5ccccc56)cc4)cc3c3cc4c(cc32)C2(c3ccccc3Oc3ccccc32)c2ccccc2-4)cc1. The van der Waals surface area contributed by atoms with Crippen LogP contribution in [0.3, 0.4) is 0 Å². The van der Waals surface area contributed by atoms with E-state index in [0.29, 0.717) is 0 Å². The van der Waals surface area contributed by atoms with Crippen LogP contribution in [0.15, 0.2) is 205 Å². The van der Waals surface area contributed by atoms with Crippen molar-refractivity contribution in [2.24, 2.45) is 0 Å². The minimum atomic E-state index is -0.539. The maximum Gasteiger partial charge on any atom is 0.143 e. The van der Waals surface area contributed by atoms with Crippen LogP contribution in [0, 0.1) is 0 Å². The molecule has 284 valence electrons. The number of fused-ring (bicyclic) bond motifs is 15. The van der Waals surface area contributed by atoms with Gasteiger partial charge in [0.15, 0.2) is 0 Å². The van der Waals surface area contributed by atoms with Gasteiger partial charge >= 0.3 is 0 Å². The summed E-state index contributed by atoms with van der Waals surface area (Å²) in [5, 5.41) is 4.74. The van der Waals surface area contributed by atoms with E-state index >= 15 is 0 Å². The van der Waals surface area contributed by atoms with Crippen LogP contribution in [0.1, 0.15) is 36.1 Å². The fourth-order valence-electron chi connectivity index (χ4n) is 10.2. The van der Waals surface area contributed by atoms with E-state index in [1.807, 2.05) is 26.0 Å². The Morgan fingerprint density at radius 2 is 0.983 bits per heavy atom. The second kappa shape index (κ2) is 13.2. The standard InChI is InChI=1S/C55H33NO2.C2H6/c1-2-13-37(14-3-1)56-49-30-29-36(34-25-27-35(28-26-34)38-17-12-18-41-40-16-5-9-22-51(40)58-54(38)41)31-43(49)44-32-42-39-15-4-6-19-45(39)55(48(42)33-50(44)56)46-20-7-10-23-52(46)57-53-24-11-8-21-47(53)55;1-2/h1-33H;1-2H3. The molecule has 0 saturated carbocycles. The van der Waals surface area contributed by atoms with Crippen LogP contribution in [0.5, 0.6) is 11.5 Å². The number of furan rings is 1. The lowest BCUT2D eigenvalue weighted by Gasteiger charge is -2.39. The topological polar surface area (TPSA) is 27.3 Å². The highest BCUT2D eigenvalue weighted by Crippen LogP contribution is 2.62. The Morgan fingerprint density at radius 3 is 1.77 bits per heavy atom. The molecule has 60 heavy (non-hydrogen) atoms. The van der Waals surface area contributed by atoms with Crippen LogP contribution in [-0.2, 0) is 5.41 Å². The van der Waals surface area contributed by atoms with Crippen LogP contribution in [0.25, 0.3) is 82.8 Å². The zero-order valence-electron chi connectivity index (χ0n) is 33.3. The number of benzene rings is 9. The molecule has 3 nitrogen and oxygen atoms in total. The third-order valence-corrected chi connectivity index (χ3v) is 12.7. The molecule has 0 radical (unpaired) electrons. The molecule has 9 aromatic carbocycles. The van der Waals surface area contributed by atoms with Gasteiger partial charge in [0.2, 0.25) is 0 Å². The minimum absolute atomic E-state index is 0.539. The van der Waals surface area contributed by atoms with Crippen molar-refractivity contribution < 1.29 is 9.15 Å². The first-order chi connectivity index (χ1) is 29.8. The number of rotatable bonds is 3. The number of aromatic nitrogens is 1. The molecular formula is C57H39NO2. The van der Waals surface area contributed by atoms with E-state index < -0.39 is 5.41 Å². The van der Waals surface area contributed by atoms with Gasteiger partial charge in [-0.2, -0.15) is 0 Å². The summed E-state index contributed by atoms with van der Waals surface area (Å²) >= 11 is 0. The number of nitrogens with zero attached hydrogens (tertiary/aromatic N) is 1. The molecular weight excluding hydrogens is 731 g/mol. The van der Waals surface area contributed by atoms with Gasteiger partial charge in [0.05, 0.1) is 16.4 Å². The predicted molar refractivity (Wildman–Crippen MR) is 248 cm³/mol. The molecule has 11 aromatic rings. The molecule has 0 unspecified atom stereocenters. The molecule has 2 aliphatic rings. The predicted octanol–water partition coefficient (Wildman–Crippen LogP) is 15.5. The molecule has 3 heterocycles. The van der Waals surface area contributed by atoms with E-state index in [0.717, 1.165) is 50.3 Å². The van der Waals surface area contributed by atoms with Crippen molar-refractivity contribution in [2.45, 2.75) is 19.3 Å². The quantitative estimate of drug-likeness (QED) is 0.179. The molecule has 1 aliphatic carbocycles. The third-order valence-electron chi connectivity index (χ3n) is 12.7. The second-order valence-corrected chi connectivity index (χ2v) is 15.6. The van der Waals surface area contributed by atoms with E-state index in [1.165, 1.54) is 66.3 Å². The Bertz CT molecular complexity index is 3430. The van der Waals surface area contributed by atoms with Crippen molar-refractivity contribution >= 4 is 43.7 Å². The van der Waals surface area contributed by atoms with Gasteiger partial charge in [-0.25, -0.2) is 0 Å². The van der Waals surface area contributed by atoms with E-state index in [2.05, 4.69) is 193 Å². The average molecular weight is 770 g/mol. The summed E-state index contributed by atoms with van der Waals surface area (Å²) in [4.78, 5) is 0. The Labute approximate surface area is 348 Å². The molecule has 0 bridgehead atoms. The van der Waals surface area contributed by atoms with E-state index in [-0.39, 0.29) is 0 Å². The Balaban J connectivity index is 0.00000191. The molecule has 1 spiro atoms. The van der Waals surface area contributed by atoms with Crippen LogP contribution in [0.2, 0.25) is 0 Å². The van der Waals surface area contributed by atoms with Crippen molar-refractivity contribution in [3.63, 3.8) is 0 Å². The number of ether oxygens (including phenoxy) is 1. The van der Waals surface area contributed by atoms with Gasteiger partial charge in [0.1, 0.15) is 22.7 Å². The lowest BCUT2D eigenvalue weighted by Crippen LogP contribution is -2.32. The maximum atomic E-state index is 6.63. The van der Waals surface area contributed by atoms with Crippen LogP contribution >= 0.6 is 0 Å². The molecule has 0 fully saturated rings. The average Bonchev–Trinajstić information content (AvgIpc) is 3.95. The summed E-state index contributed by atoms with van der Waals surface area (Å²) < 4.78 is 15.5. The number of para-hydroxylation sites is 5. The Morgan fingerprint density at radius 1 is 0.383 bits per heavy atom. The van der Waals surface area contributed by atoms with Crippen LogP contribution < -0.4 is 4.74 Å². The van der Waals surface area contributed by atoms with Gasteiger partial charge in [0, 0.05) is 43.9 Å². The number of hydrogen-bond acceptors (Lipinski definition) is 2. The first-order valence-electron chi connectivity index (χ1n) is 20.9. The van der Waals surface area contributed by atoms with Crippen molar-refractivity contribution in [3.05, 3.63) is 222 Å².